The van der Waals surface area contributed by atoms with Gasteiger partial charge in [0.15, 0.2) is 0 Å². The average Bonchev–Trinajstić information content (AvgIpc) is 2.90. The lowest BCUT2D eigenvalue weighted by Crippen LogP contribution is -2.42. The number of carbonyl (C=O) groups is 1. The van der Waals surface area contributed by atoms with E-state index in [1.165, 1.54) is 12.1 Å². The smallest absolute Gasteiger partial charge is 0.264 e. The monoisotopic (exact) mass is 538 g/mol. The molecule has 0 atom stereocenters. The summed E-state index contributed by atoms with van der Waals surface area (Å²) in [4.78, 5) is 15.4. The Bertz CT molecular complexity index is 1380. The van der Waals surface area contributed by atoms with Crippen LogP contribution in [0.25, 0.3) is 0 Å². The summed E-state index contributed by atoms with van der Waals surface area (Å²) in [6, 6.07) is 31.8. The molecule has 0 N–H and O–H groups in total. The fourth-order valence-corrected chi connectivity index (χ4v) is 5.66. The predicted molar refractivity (Wildman–Crippen MR) is 145 cm³/mol. The second-order valence-corrected chi connectivity index (χ2v) is 10.8. The molecular weight excluding hydrogens is 515 g/mol. The molecule has 4 aromatic carbocycles. The van der Waals surface area contributed by atoms with E-state index in [1.54, 1.807) is 41.3 Å². The number of anilines is 1. The Morgan fingerprint density at radius 1 is 0.667 bits per heavy atom. The lowest BCUT2D eigenvalue weighted by atomic mass is 10.1. The third-order valence-corrected chi connectivity index (χ3v) is 8.18. The van der Waals surface area contributed by atoms with Gasteiger partial charge in [-0.25, -0.2) is 8.42 Å². The standard InChI is InChI=1S/C28H24Cl2N2O3S/c29-25-17-10-18-26(28(25)30)32(36(34,35)24-15-8-3-9-16-24)21-27(33)31(19-22-11-4-1-5-12-22)20-23-13-6-2-7-14-23/h1-18H,19-21H2. The number of carbonyl (C=O) groups excluding carboxylic acids is 1. The zero-order chi connectivity index (χ0) is 25.5. The quantitative estimate of drug-likeness (QED) is 0.247. The third-order valence-electron chi connectivity index (χ3n) is 5.60. The van der Waals surface area contributed by atoms with E-state index in [2.05, 4.69) is 0 Å². The van der Waals surface area contributed by atoms with Crippen molar-refractivity contribution >= 4 is 44.8 Å². The van der Waals surface area contributed by atoms with Crippen LogP contribution in [0.1, 0.15) is 11.1 Å². The molecular formula is C28H24Cl2N2O3S. The highest BCUT2D eigenvalue weighted by molar-refractivity contribution is 7.92. The lowest BCUT2D eigenvalue weighted by molar-refractivity contribution is -0.130. The first-order chi connectivity index (χ1) is 17.4. The van der Waals surface area contributed by atoms with Crippen LogP contribution in [0.2, 0.25) is 10.0 Å². The van der Waals surface area contributed by atoms with E-state index >= 15 is 0 Å². The highest BCUT2D eigenvalue weighted by atomic mass is 35.5. The Labute approximate surface area is 221 Å². The molecule has 0 aliphatic heterocycles. The Morgan fingerprint density at radius 3 is 1.69 bits per heavy atom. The van der Waals surface area contributed by atoms with Gasteiger partial charge in [0.05, 0.1) is 20.6 Å². The number of halogens is 2. The molecule has 0 saturated carbocycles. The van der Waals surface area contributed by atoms with E-state index in [0.29, 0.717) is 13.1 Å². The number of nitrogens with zero attached hydrogens (tertiary/aromatic N) is 2. The van der Waals surface area contributed by atoms with Gasteiger partial charge in [0, 0.05) is 13.1 Å². The van der Waals surface area contributed by atoms with Crippen molar-refractivity contribution in [2.24, 2.45) is 0 Å². The molecule has 5 nitrogen and oxygen atoms in total. The Kier molecular flexibility index (Phi) is 8.31. The van der Waals surface area contributed by atoms with Gasteiger partial charge in [-0.15, -0.1) is 0 Å². The molecule has 0 heterocycles. The first-order valence-corrected chi connectivity index (χ1v) is 13.4. The maximum atomic E-state index is 13.8. The van der Waals surface area contributed by atoms with Crippen LogP contribution in [-0.2, 0) is 27.9 Å². The number of sulfonamides is 1. The molecule has 0 aliphatic carbocycles. The maximum Gasteiger partial charge on any atom is 0.264 e. The van der Waals surface area contributed by atoms with Crippen LogP contribution in [0, 0.1) is 0 Å². The van der Waals surface area contributed by atoms with Crippen LogP contribution in [0.15, 0.2) is 114 Å². The van der Waals surface area contributed by atoms with Crippen molar-refractivity contribution in [1.29, 1.82) is 0 Å². The van der Waals surface area contributed by atoms with E-state index < -0.39 is 16.6 Å². The second kappa shape index (κ2) is 11.6. The fourth-order valence-electron chi connectivity index (χ4n) is 3.77. The van der Waals surface area contributed by atoms with Crippen molar-refractivity contribution in [3.8, 4) is 0 Å². The van der Waals surface area contributed by atoms with Crippen molar-refractivity contribution in [1.82, 2.24) is 4.90 Å². The van der Waals surface area contributed by atoms with Gasteiger partial charge in [0.25, 0.3) is 10.0 Å². The number of hydrogen-bond donors (Lipinski definition) is 0. The largest absolute Gasteiger partial charge is 0.332 e. The summed E-state index contributed by atoms with van der Waals surface area (Å²) >= 11 is 12.7. The van der Waals surface area contributed by atoms with Gasteiger partial charge in [-0.2, -0.15) is 0 Å². The lowest BCUT2D eigenvalue weighted by Gasteiger charge is -2.29. The van der Waals surface area contributed by atoms with Crippen LogP contribution in [-0.4, -0.2) is 25.8 Å². The molecule has 0 saturated heterocycles. The van der Waals surface area contributed by atoms with Crippen LogP contribution >= 0.6 is 23.2 Å². The number of benzene rings is 4. The van der Waals surface area contributed by atoms with Gasteiger partial charge in [-0.3, -0.25) is 9.10 Å². The topological polar surface area (TPSA) is 57.7 Å². The minimum atomic E-state index is -4.12. The molecule has 184 valence electrons. The van der Waals surface area contributed by atoms with E-state index in [4.69, 9.17) is 23.2 Å². The van der Waals surface area contributed by atoms with Crippen molar-refractivity contribution in [2.45, 2.75) is 18.0 Å². The number of hydrogen-bond acceptors (Lipinski definition) is 3. The first-order valence-electron chi connectivity index (χ1n) is 11.2. The minimum absolute atomic E-state index is 0.0477. The second-order valence-electron chi connectivity index (χ2n) is 8.12. The van der Waals surface area contributed by atoms with Crippen LogP contribution in [0.5, 0.6) is 0 Å². The highest BCUT2D eigenvalue weighted by Crippen LogP contribution is 2.35. The molecule has 0 unspecified atom stereocenters. The highest BCUT2D eigenvalue weighted by Gasteiger charge is 2.31. The molecule has 8 heteroatoms. The molecule has 1 amide bonds. The minimum Gasteiger partial charge on any atom is -0.332 e. The third kappa shape index (κ3) is 6.08. The molecule has 0 spiro atoms. The number of rotatable bonds is 9. The van der Waals surface area contributed by atoms with E-state index in [1.807, 2.05) is 60.7 Å². The normalized spacial score (nSPS) is 11.2. The van der Waals surface area contributed by atoms with Crippen molar-refractivity contribution < 1.29 is 13.2 Å². The number of amides is 1. The van der Waals surface area contributed by atoms with Crippen molar-refractivity contribution in [3.05, 3.63) is 130 Å². The summed E-state index contributed by atoms with van der Waals surface area (Å²) < 4.78 is 28.5. The molecule has 4 aromatic rings. The Hall–Kier alpha value is -3.32. The first kappa shape index (κ1) is 25.8. The zero-order valence-electron chi connectivity index (χ0n) is 19.3. The van der Waals surface area contributed by atoms with Crippen LogP contribution in [0.4, 0.5) is 5.69 Å². The predicted octanol–water partition coefficient (Wildman–Crippen LogP) is 6.42. The molecule has 36 heavy (non-hydrogen) atoms. The van der Waals surface area contributed by atoms with Gasteiger partial charge in [-0.05, 0) is 35.4 Å². The Morgan fingerprint density at radius 2 is 1.17 bits per heavy atom. The van der Waals surface area contributed by atoms with Crippen LogP contribution in [0.3, 0.4) is 0 Å². The molecule has 0 bridgehead atoms. The fraction of sp³-hybridized carbons (Fsp3) is 0.107. The van der Waals surface area contributed by atoms with Gasteiger partial charge >= 0.3 is 0 Å². The molecule has 0 aliphatic rings. The summed E-state index contributed by atoms with van der Waals surface area (Å²) in [5.74, 6) is -0.377. The van der Waals surface area contributed by atoms with E-state index in [0.717, 1.165) is 15.4 Å². The summed E-state index contributed by atoms with van der Waals surface area (Å²) in [5.41, 5.74) is 2.00. The van der Waals surface area contributed by atoms with Gasteiger partial charge in [0.2, 0.25) is 5.91 Å². The summed E-state index contributed by atoms with van der Waals surface area (Å²) in [7, 11) is -4.12. The van der Waals surface area contributed by atoms with Crippen molar-refractivity contribution in [3.63, 3.8) is 0 Å². The molecule has 4 rings (SSSR count). The van der Waals surface area contributed by atoms with Crippen molar-refractivity contribution in [2.75, 3.05) is 10.8 Å². The zero-order valence-corrected chi connectivity index (χ0v) is 21.6. The van der Waals surface area contributed by atoms with Crippen LogP contribution < -0.4 is 4.31 Å². The van der Waals surface area contributed by atoms with Gasteiger partial charge in [-0.1, -0.05) is 108 Å². The van der Waals surface area contributed by atoms with E-state index in [9.17, 15) is 13.2 Å². The SMILES string of the molecule is O=C(CN(c1cccc(Cl)c1Cl)S(=O)(=O)c1ccccc1)N(Cc1ccccc1)Cc1ccccc1. The maximum absolute atomic E-state index is 13.8. The molecule has 0 aromatic heterocycles. The van der Waals surface area contributed by atoms with Gasteiger partial charge < -0.3 is 4.90 Å². The molecule has 0 fully saturated rings. The van der Waals surface area contributed by atoms with E-state index in [-0.39, 0.29) is 26.5 Å². The average molecular weight is 539 g/mol. The summed E-state index contributed by atoms with van der Waals surface area (Å²) in [5, 5.41) is 0.254. The van der Waals surface area contributed by atoms with Gasteiger partial charge in [0.1, 0.15) is 6.54 Å². The summed E-state index contributed by atoms with van der Waals surface area (Å²) in [6.07, 6.45) is 0. The summed E-state index contributed by atoms with van der Waals surface area (Å²) in [6.45, 7) is 0.186. The molecule has 0 radical (unpaired) electrons. The Balaban J connectivity index is 1.72.